The highest BCUT2D eigenvalue weighted by Gasteiger charge is 2.35. The molecule has 1 fully saturated rings. The quantitative estimate of drug-likeness (QED) is 0.227. The second kappa shape index (κ2) is 11.2. The third kappa shape index (κ3) is 5.72. The lowest BCUT2D eigenvalue weighted by Crippen LogP contribution is -2.28. The van der Waals surface area contributed by atoms with Gasteiger partial charge in [0.1, 0.15) is 18.2 Å². The van der Waals surface area contributed by atoms with Crippen LogP contribution in [0.3, 0.4) is 0 Å². The van der Waals surface area contributed by atoms with Crippen LogP contribution in [0.2, 0.25) is 10.0 Å². The number of aliphatic imine (C=N–C) groups is 1. The number of halogens is 3. The van der Waals surface area contributed by atoms with Gasteiger partial charge in [-0.2, -0.15) is 0 Å². The van der Waals surface area contributed by atoms with E-state index < -0.39 is 0 Å². The number of benzene rings is 4. The average molecular weight is 549 g/mol. The van der Waals surface area contributed by atoms with Gasteiger partial charge < -0.3 is 4.74 Å². The van der Waals surface area contributed by atoms with Crippen molar-refractivity contribution in [1.29, 1.82) is 0 Å². The lowest BCUT2D eigenvalue weighted by molar-refractivity contribution is -0.113. The molecule has 1 aliphatic rings. The van der Waals surface area contributed by atoms with Crippen LogP contribution >= 0.6 is 35.0 Å². The summed E-state index contributed by atoms with van der Waals surface area (Å²) >= 11 is 14.0. The first kappa shape index (κ1) is 25.1. The van der Waals surface area contributed by atoms with Gasteiger partial charge in [0.05, 0.1) is 21.3 Å². The molecule has 184 valence electrons. The molecule has 1 aliphatic heterocycles. The number of ether oxygens (including phenoxy) is 1. The first-order valence-corrected chi connectivity index (χ1v) is 12.8. The molecule has 37 heavy (non-hydrogen) atoms. The molecule has 4 nitrogen and oxygen atoms in total. The number of rotatable bonds is 6. The predicted molar refractivity (Wildman–Crippen MR) is 150 cm³/mol. The second-order valence-corrected chi connectivity index (χ2v) is 9.86. The lowest BCUT2D eigenvalue weighted by Gasteiger charge is -2.15. The van der Waals surface area contributed by atoms with Gasteiger partial charge in [-0.1, -0.05) is 77.8 Å². The van der Waals surface area contributed by atoms with Crippen LogP contribution in [0.25, 0.3) is 6.08 Å². The van der Waals surface area contributed by atoms with Crippen molar-refractivity contribution in [2.45, 2.75) is 6.61 Å². The van der Waals surface area contributed by atoms with Gasteiger partial charge in [0, 0.05) is 16.1 Å². The summed E-state index contributed by atoms with van der Waals surface area (Å²) in [5.74, 6) is -0.328. The van der Waals surface area contributed by atoms with E-state index in [-0.39, 0.29) is 23.4 Å². The molecular formula is C29H19Cl2FN2O2S. The molecular weight excluding hydrogens is 530 g/mol. The Kier molecular flexibility index (Phi) is 7.60. The van der Waals surface area contributed by atoms with Crippen LogP contribution in [0, 0.1) is 5.82 Å². The van der Waals surface area contributed by atoms with Crippen LogP contribution in [-0.4, -0.2) is 11.1 Å². The fourth-order valence-corrected chi connectivity index (χ4v) is 5.27. The highest BCUT2D eigenvalue weighted by atomic mass is 35.5. The summed E-state index contributed by atoms with van der Waals surface area (Å²) in [6.45, 7) is -0.0395. The van der Waals surface area contributed by atoms with E-state index in [4.69, 9.17) is 32.9 Å². The molecule has 8 heteroatoms. The Bertz CT molecular complexity index is 1510. The summed E-state index contributed by atoms with van der Waals surface area (Å²) in [5, 5.41) is 1.14. The van der Waals surface area contributed by atoms with Gasteiger partial charge in [-0.05, 0) is 60.3 Å². The number of nitrogens with zero attached hydrogens (tertiary/aromatic N) is 2. The van der Waals surface area contributed by atoms with Crippen LogP contribution < -0.4 is 9.64 Å². The Hall–Kier alpha value is -3.58. The van der Waals surface area contributed by atoms with E-state index in [1.807, 2.05) is 60.7 Å². The lowest BCUT2D eigenvalue weighted by atomic mass is 10.1. The van der Waals surface area contributed by atoms with Crippen molar-refractivity contribution in [1.82, 2.24) is 0 Å². The monoisotopic (exact) mass is 548 g/mol. The molecule has 1 heterocycles. The summed E-state index contributed by atoms with van der Waals surface area (Å²) in [6, 6.07) is 28.3. The molecule has 4 aromatic carbocycles. The Morgan fingerprint density at radius 2 is 1.59 bits per heavy atom. The summed E-state index contributed by atoms with van der Waals surface area (Å²) in [5.41, 5.74) is 2.29. The first-order chi connectivity index (χ1) is 18.0. The molecule has 0 radical (unpaired) electrons. The van der Waals surface area contributed by atoms with E-state index in [0.717, 1.165) is 5.69 Å². The van der Waals surface area contributed by atoms with Crippen molar-refractivity contribution in [3.8, 4) is 5.75 Å². The zero-order chi connectivity index (χ0) is 25.8. The maximum Gasteiger partial charge on any atom is 0.271 e. The van der Waals surface area contributed by atoms with E-state index >= 15 is 0 Å². The first-order valence-electron chi connectivity index (χ1n) is 11.3. The zero-order valence-electron chi connectivity index (χ0n) is 19.3. The Morgan fingerprint density at radius 3 is 2.32 bits per heavy atom. The molecule has 0 aliphatic carbocycles. The number of para-hydroxylation sites is 2. The van der Waals surface area contributed by atoms with Gasteiger partial charge in [-0.25, -0.2) is 9.38 Å². The van der Waals surface area contributed by atoms with E-state index in [1.54, 1.807) is 41.3 Å². The topological polar surface area (TPSA) is 41.9 Å². The predicted octanol–water partition coefficient (Wildman–Crippen LogP) is 8.52. The van der Waals surface area contributed by atoms with Crippen LogP contribution in [0.1, 0.15) is 11.1 Å². The summed E-state index contributed by atoms with van der Waals surface area (Å²) in [4.78, 5) is 20.3. The normalized spacial score (nSPS) is 15.5. The Morgan fingerprint density at radius 1 is 0.919 bits per heavy atom. The number of carbonyl (C=O) groups excluding carboxylic acids is 1. The second-order valence-electron chi connectivity index (χ2n) is 8.00. The number of amidine groups is 1. The molecule has 4 aromatic rings. The highest BCUT2D eigenvalue weighted by molar-refractivity contribution is 8.19. The van der Waals surface area contributed by atoms with Crippen molar-refractivity contribution in [2.75, 3.05) is 4.90 Å². The van der Waals surface area contributed by atoms with Crippen molar-refractivity contribution in [3.63, 3.8) is 0 Å². The highest BCUT2D eigenvalue weighted by Crippen LogP contribution is 2.40. The molecule has 0 saturated carbocycles. The molecule has 5 rings (SSSR count). The fourth-order valence-electron chi connectivity index (χ4n) is 3.71. The molecule has 0 unspecified atom stereocenters. The minimum Gasteiger partial charge on any atom is -0.487 e. The van der Waals surface area contributed by atoms with Crippen molar-refractivity contribution < 1.29 is 13.9 Å². The van der Waals surface area contributed by atoms with Crippen molar-refractivity contribution in [3.05, 3.63) is 129 Å². The van der Waals surface area contributed by atoms with Gasteiger partial charge in [0.2, 0.25) is 0 Å². The van der Waals surface area contributed by atoms with Gasteiger partial charge in [-0.3, -0.25) is 9.69 Å². The SMILES string of the molecule is O=C1/C(=C\c2cc(Cl)cc(Cl)c2OCc2ccccc2F)SC(=Nc2ccccc2)N1c1ccccc1. The molecule has 0 N–H and O–H groups in total. The standard InChI is InChI=1S/C29H19Cl2FN2O2S/c30-21-15-20(27(24(31)17-21)36-18-19-9-7-8-14-25(19)32)16-26-28(35)34(23-12-5-2-6-13-23)29(37-26)33-22-10-3-1-4-11-22/h1-17H,18H2/b26-16+,33-29?. The number of anilines is 1. The van der Waals surface area contributed by atoms with Crippen molar-refractivity contribution >= 4 is 63.5 Å². The number of hydrogen-bond acceptors (Lipinski definition) is 4. The van der Waals surface area contributed by atoms with Crippen LogP contribution in [0.15, 0.2) is 107 Å². The molecule has 0 bridgehead atoms. The average Bonchev–Trinajstić information content (AvgIpc) is 3.19. The summed E-state index contributed by atoms with van der Waals surface area (Å²) in [6.07, 6.45) is 1.67. The maximum absolute atomic E-state index is 14.1. The minimum atomic E-state index is -0.380. The van der Waals surface area contributed by atoms with E-state index in [2.05, 4.69) is 0 Å². The van der Waals surface area contributed by atoms with Gasteiger partial charge in [0.25, 0.3) is 5.91 Å². The Labute approximate surface area is 228 Å². The fraction of sp³-hybridized carbons (Fsp3) is 0.0345. The number of carbonyl (C=O) groups is 1. The van der Waals surface area contributed by atoms with Crippen LogP contribution in [0.4, 0.5) is 15.8 Å². The largest absolute Gasteiger partial charge is 0.487 e. The van der Waals surface area contributed by atoms with Gasteiger partial charge >= 0.3 is 0 Å². The van der Waals surface area contributed by atoms with E-state index in [9.17, 15) is 9.18 Å². The van der Waals surface area contributed by atoms with E-state index in [0.29, 0.717) is 37.7 Å². The molecule has 0 aromatic heterocycles. The van der Waals surface area contributed by atoms with Crippen molar-refractivity contribution in [2.24, 2.45) is 4.99 Å². The van der Waals surface area contributed by atoms with Gasteiger partial charge in [0.15, 0.2) is 5.17 Å². The van der Waals surface area contributed by atoms with Gasteiger partial charge in [-0.15, -0.1) is 0 Å². The van der Waals surface area contributed by atoms with Crippen LogP contribution in [0.5, 0.6) is 5.75 Å². The third-order valence-corrected chi connectivity index (χ3v) is 6.92. The minimum absolute atomic E-state index is 0.0395. The smallest absolute Gasteiger partial charge is 0.271 e. The number of hydrogen-bond donors (Lipinski definition) is 0. The zero-order valence-corrected chi connectivity index (χ0v) is 21.6. The molecule has 1 amide bonds. The summed E-state index contributed by atoms with van der Waals surface area (Å²) < 4.78 is 20.1. The van der Waals surface area contributed by atoms with Crippen LogP contribution in [-0.2, 0) is 11.4 Å². The molecule has 0 spiro atoms. The summed E-state index contributed by atoms with van der Waals surface area (Å²) in [7, 11) is 0. The Balaban J connectivity index is 1.53. The van der Waals surface area contributed by atoms with E-state index in [1.165, 1.54) is 17.8 Å². The molecule has 1 saturated heterocycles. The third-order valence-electron chi connectivity index (χ3n) is 5.46. The number of thioether (sulfide) groups is 1. The maximum atomic E-state index is 14.1. The number of amides is 1. The molecule has 0 atom stereocenters.